The van der Waals surface area contributed by atoms with Crippen molar-refractivity contribution in [3.05, 3.63) is 54.4 Å². The van der Waals surface area contributed by atoms with Gasteiger partial charge in [-0.25, -0.2) is 0 Å². The molecule has 0 saturated heterocycles. The van der Waals surface area contributed by atoms with Gasteiger partial charge in [0, 0.05) is 38.0 Å². The molecule has 0 amide bonds. The molecule has 4 rings (SSSR count). The summed E-state index contributed by atoms with van der Waals surface area (Å²) in [5.41, 5.74) is 1.32. The van der Waals surface area contributed by atoms with Crippen molar-refractivity contribution in [2.45, 2.75) is 6.92 Å². The molecule has 0 N–H and O–H groups in total. The van der Waals surface area contributed by atoms with E-state index in [1.807, 2.05) is 23.7 Å². The molecule has 1 nitrogen and oxygen atoms in total. The van der Waals surface area contributed by atoms with E-state index in [9.17, 15) is 0 Å². The average Bonchev–Trinajstić information content (AvgIpc) is 2.78. The van der Waals surface area contributed by atoms with Crippen LogP contribution >= 0.6 is 11.3 Å². The van der Waals surface area contributed by atoms with Gasteiger partial charge in [0.2, 0.25) is 0 Å². The fourth-order valence-corrected chi connectivity index (χ4v) is 3.83. The molecule has 0 radical (unpaired) electrons. The standard InChI is InChI=1S/C16H11NS/c1-10-8-13-12-4-2-3-5-15(12)18-16(13)14-9-17-7-6-11(10)14/h2-9H,1H3. The van der Waals surface area contributed by atoms with Crippen LogP contribution in [0.25, 0.3) is 30.9 Å². The van der Waals surface area contributed by atoms with Crippen molar-refractivity contribution in [1.82, 2.24) is 4.98 Å². The Labute approximate surface area is 109 Å². The molecule has 2 heterocycles. The van der Waals surface area contributed by atoms with Crippen LogP contribution in [-0.4, -0.2) is 4.98 Å². The summed E-state index contributed by atoms with van der Waals surface area (Å²) in [5.74, 6) is 0. The Hall–Kier alpha value is -1.93. The average molecular weight is 249 g/mol. The summed E-state index contributed by atoms with van der Waals surface area (Å²) in [6.45, 7) is 2.17. The van der Waals surface area contributed by atoms with Gasteiger partial charge in [-0.3, -0.25) is 4.98 Å². The molecular formula is C16H11NS. The second-order valence-corrected chi connectivity index (χ2v) is 5.64. The van der Waals surface area contributed by atoms with Gasteiger partial charge in [0.25, 0.3) is 0 Å². The summed E-state index contributed by atoms with van der Waals surface area (Å²) in [6.07, 6.45) is 3.86. The number of hydrogen-bond acceptors (Lipinski definition) is 2. The molecule has 0 fully saturated rings. The fourth-order valence-electron chi connectivity index (χ4n) is 2.62. The Kier molecular flexibility index (Phi) is 1.97. The molecule has 0 aliphatic rings. The third-order valence-electron chi connectivity index (χ3n) is 3.49. The van der Waals surface area contributed by atoms with Crippen LogP contribution in [0, 0.1) is 6.92 Å². The molecule has 2 aromatic heterocycles. The van der Waals surface area contributed by atoms with Crippen molar-refractivity contribution in [2.75, 3.05) is 0 Å². The first-order valence-corrected chi connectivity index (χ1v) is 6.81. The minimum atomic E-state index is 1.27. The summed E-state index contributed by atoms with van der Waals surface area (Å²) < 4.78 is 2.70. The van der Waals surface area contributed by atoms with Crippen LogP contribution < -0.4 is 0 Å². The Morgan fingerprint density at radius 2 is 1.83 bits per heavy atom. The van der Waals surface area contributed by atoms with Crippen LogP contribution in [0.4, 0.5) is 0 Å². The smallest absolute Gasteiger partial charge is 0.0449 e. The van der Waals surface area contributed by atoms with Crippen LogP contribution in [-0.2, 0) is 0 Å². The van der Waals surface area contributed by atoms with E-state index in [-0.39, 0.29) is 0 Å². The Balaban J connectivity index is 2.36. The predicted octanol–water partition coefficient (Wildman–Crippen LogP) is 4.91. The van der Waals surface area contributed by atoms with Crippen LogP contribution in [0.15, 0.2) is 48.8 Å². The number of pyridine rings is 1. The first-order valence-electron chi connectivity index (χ1n) is 5.99. The van der Waals surface area contributed by atoms with Crippen molar-refractivity contribution in [3.8, 4) is 0 Å². The number of benzene rings is 2. The van der Waals surface area contributed by atoms with Crippen LogP contribution in [0.5, 0.6) is 0 Å². The van der Waals surface area contributed by atoms with Crippen LogP contribution in [0.2, 0.25) is 0 Å². The lowest BCUT2D eigenvalue weighted by atomic mass is 10.0. The largest absolute Gasteiger partial charge is 0.264 e. The highest BCUT2D eigenvalue weighted by Crippen LogP contribution is 2.39. The molecule has 0 spiro atoms. The van der Waals surface area contributed by atoms with Crippen molar-refractivity contribution in [3.63, 3.8) is 0 Å². The fraction of sp³-hybridized carbons (Fsp3) is 0.0625. The number of aromatic nitrogens is 1. The number of fused-ring (bicyclic) bond motifs is 5. The van der Waals surface area contributed by atoms with Crippen LogP contribution in [0.3, 0.4) is 0 Å². The van der Waals surface area contributed by atoms with Crippen molar-refractivity contribution >= 4 is 42.3 Å². The van der Waals surface area contributed by atoms with E-state index in [1.54, 1.807) is 0 Å². The van der Waals surface area contributed by atoms with E-state index in [1.165, 1.54) is 36.5 Å². The lowest BCUT2D eigenvalue weighted by molar-refractivity contribution is 1.36. The van der Waals surface area contributed by atoms with Gasteiger partial charge >= 0.3 is 0 Å². The van der Waals surface area contributed by atoms with E-state index in [2.05, 4.69) is 48.3 Å². The summed E-state index contributed by atoms with van der Waals surface area (Å²) in [5, 5.41) is 5.29. The number of nitrogens with zero attached hydrogens (tertiary/aromatic N) is 1. The molecule has 0 bridgehead atoms. The maximum atomic E-state index is 4.28. The van der Waals surface area contributed by atoms with Gasteiger partial charge in [-0.2, -0.15) is 0 Å². The van der Waals surface area contributed by atoms with E-state index >= 15 is 0 Å². The van der Waals surface area contributed by atoms with Crippen molar-refractivity contribution in [1.29, 1.82) is 0 Å². The third-order valence-corrected chi connectivity index (χ3v) is 4.71. The first kappa shape index (κ1) is 10.0. The molecule has 86 valence electrons. The minimum absolute atomic E-state index is 1.27. The molecule has 0 aliphatic heterocycles. The Morgan fingerprint density at radius 3 is 2.78 bits per heavy atom. The van der Waals surface area contributed by atoms with E-state index < -0.39 is 0 Å². The second kappa shape index (κ2) is 3.53. The first-order chi connectivity index (χ1) is 8.84. The highest BCUT2D eigenvalue weighted by Gasteiger charge is 2.09. The number of rotatable bonds is 0. The zero-order valence-corrected chi connectivity index (χ0v) is 10.8. The molecule has 4 aromatic rings. The van der Waals surface area contributed by atoms with E-state index in [0.717, 1.165) is 0 Å². The molecule has 0 aliphatic carbocycles. The SMILES string of the molecule is Cc1cc2c3ccccc3sc2c2cnccc12. The van der Waals surface area contributed by atoms with Gasteiger partial charge in [0.05, 0.1) is 0 Å². The minimum Gasteiger partial charge on any atom is -0.264 e. The molecule has 0 unspecified atom stereocenters. The summed E-state index contributed by atoms with van der Waals surface area (Å²) in [7, 11) is 0. The summed E-state index contributed by atoms with van der Waals surface area (Å²) in [4.78, 5) is 4.28. The molecule has 0 saturated carbocycles. The number of thiophene rings is 1. The Morgan fingerprint density at radius 1 is 0.944 bits per heavy atom. The third kappa shape index (κ3) is 1.24. The van der Waals surface area contributed by atoms with E-state index in [4.69, 9.17) is 0 Å². The summed E-state index contributed by atoms with van der Waals surface area (Å²) >= 11 is 1.86. The molecule has 0 atom stereocenters. The zero-order chi connectivity index (χ0) is 12.1. The number of aryl methyl sites for hydroxylation is 1. The van der Waals surface area contributed by atoms with Gasteiger partial charge in [0.15, 0.2) is 0 Å². The van der Waals surface area contributed by atoms with Gasteiger partial charge in [-0.05, 0) is 36.1 Å². The predicted molar refractivity (Wildman–Crippen MR) is 79.4 cm³/mol. The maximum Gasteiger partial charge on any atom is 0.0449 e. The molecule has 2 aromatic carbocycles. The van der Waals surface area contributed by atoms with E-state index in [0.29, 0.717) is 0 Å². The quantitative estimate of drug-likeness (QED) is 0.431. The van der Waals surface area contributed by atoms with Crippen molar-refractivity contribution in [2.24, 2.45) is 0 Å². The highest BCUT2D eigenvalue weighted by atomic mass is 32.1. The monoisotopic (exact) mass is 249 g/mol. The van der Waals surface area contributed by atoms with Gasteiger partial charge in [-0.1, -0.05) is 18.2 Å². The zero-order valence-electron chi connectivity index (χ0n) is 9.97. The topological polar surface area (TPSA) is 12.9 Å². The molecule has 18 heavy (non-hydrogen) atoms. The second-order valence-electron chi connectivity index (χ2n) is 4.59. The Bertz CT molecular complexity index is 889. The van der Waals surface area contributed by atoms with Crippen molar-refractivity contribution < 1.29 is 0 Å². The lowest BCUT2D eigenvalue weighted by Gasteiger charge is -2.02. The summed E-state index contributed by atoms with van der Waals surface area (Å²) in [6, 6.07) is 13.0. The number of hydrogen-bond donors (Lipinski definition) is 0. The highest BCUT2D eigenvalue weighted by molar-refractivity contribution is 7.26. The van der Waals surface area contributed by atoms with Gasteiger partial charge in [0.1, 0.15) is 0 Å². The lowest BCUT2D eigenvalue weighted by Crippen LogP contribution is -1.80. The van der Waals surface area contributed by atoms with Gasteiger partial charge < -0.3 is 0 Å². The normalized spacial score (nSPS) is 11.6. The molecule has 2 heteroatoms. The van der Waals surface area contributed by atoms with Crippen LogP contribution in [0.1, 0.15) is 5.56 Å². The van der Waals surface area contributed by atoms with Gasteiger partial charge in [-0.15, -0.1) is 11.3 Å². The maximum absolute atomic E-state index is 4.28. The molecular weight excluding hydrogens is 238 g/mol.